The maximum absolute atomic E-state index is 12.8. The van der Waals surface area contributed by atoms with Gasteiger partial charge in [0.05, 0.1) is 4.88 Å². The van der Waals surface area contributed by atoms with E-state index in [4.69, 9.17) is 0 Å². The fourth-order valence-electron chi connectivity index (χ4n) is 3.67. The van der Waals surface area contributed by atoms with E-state index < -0.39 is 0 Å². The highest BCUT2D eigenvalue weighted by atomic mass is 35.5. The van der Waals surface area contributed by atoms with Gasteiger partial charge in [0.2, 0.25) is 0 Å². The molecule has 1 aromatic rings. The Morgan fingerprint density at radius 2 is 2.27 bits per heavy atom. The minimum absolute atomic E-state index is 0. The molecule has 2 atom stereocenters. The van der Waals surface area contributed by atoms with Crippen molar-refractivity contribution in [2.75, 3.05) is 26.7 Å². The summed E-state index contributed by atoms with van der Waals surface area (Å²) in [7, 11) is 2.00. The topological polar surface area (TPSA) is 32.3 Å². The van der Waals surface area contributed by atoms with Crippen molar-refractivity contribution in [1.29, 1.82) is 0 Å². The van der Waals surface area contributed by atoms with E-state index in [1.807, 2.05) is 7.05 Å². The van der Waals surface area contributed by atoms with Crippen molar-refractivity contribution in [2.24, 2.45) is 11.8 Å². The Balaban J connectivity index is 0.00000176. The van der Waals surface area contributed by atoms with Gasteiger partial charge in [-0.1, -0.05) is 6.92 Å². The van der Waals surface area contributed by atoms with E-state index in [0.717, 1.165) is 49.7 Å². The second-order valence-electron chi connectivity index (χ2n) is 6.72. The Hall–Kier alpha value is -0.580. The lowest BCUT2D eigenvalue weighted by atomic mass is 9.90. The van der Waals surface area contributed by atoms with Gasteiger partial charge in [-0.3, -0.25) is 4.79 Å². The Morgan fingerprint density at radius 1 is 1.45 bits per heavy atom. The first-order valence-electron chi connectivity index (χ1n) is 8.23. The summed E-state index contributed by atoms with van der Waals surface area (Å²) >= 11 is 1.75. The number of rotatable bonds is 3. The van der Waals surface area contributed by atoms with Gasteiger partial charge >= 0.3 is 0 Å². The number of aryl methyl sites for hydroxylation is 1. The summed E-state index contributed by atoms with van der Waals surface area (Å²) in [6.45, 7) is 5.17. The van der Waals surface area contributed by atoms with Gasteiger partial charge in [0.1, 0.15) is 0 Å². The van der Waals surface area contributed by atoms with Crippen molar-refractivity contribution in [2.45, 2.75) is 39.0 Å². The summed E-state index contributed by atoms with van der Waals surface area (Å²) in [6, 6.07) is 2.18. The molecule has 5 heteroatoms. The van der Waals surface area contributed by atoms with Crippen LogP contribution in [0.1, 0.15) is 46.3 Å². The molecule has 1 aliphatic carbocycles. The Kier molecular flexibility index (Phi) is 6.30. The SMILES string of the molecule is CNCC1CCCN(C(=O)c2cc3c(s2)CCC(C)C3)C1.Cl. The number of amides is 1. The average Bonchev–Trinajstić information content (AvgIpc) is 2.90. The molecule has 1 aliphatic heterocycles. The molecule has 1 aromatic heterocycles. The number of nitrogens with zero attached hydrogens (tertiary/aromatic N) is 1. The van der Waals surface area contributed by atoms with Gasteiger partial charge in [-0.2, -0.15) is 0 Å². The molecule has 0 saturated carbocycles. The van der Waals surface area contributed by atoms with Crippen molar-refractivity contribution < 1.29 is 4.79 Å². The number of nitrogens with one attached hydrogen (secondary N) is 1. The molecule has 124 valence electrons. The van der Waals surface area contributed by atoms with Gasteiger partial charge in [0, 0.05) is 18.0 Å². The third-order valence-corrected chi connectivity index (χ3v) is 6.06. The van der Waals surface area contributed by atoms with E-state index in [1.165, 1.54) is 23.3 Å². The van der Waals surface area contributed by atoms with Crippen LogP contribution in [0.4, 0.5) is 0 Å². The zero-order valence-corrected chi connectivity index (χ0v) is 15.2. The summed E-state index contributed by atoms with van der Waals surface area (Å²) < 4.78 is 0. The Labute approximate surface area is 143 Å². The number of carbonyl (C=O) groups excluding carboxylic acids is 1. The number of piperidine rings is 1. The van der Waals surface area contributed by atoms with Crippen LogP contribution in [0.2, 0.25) is 0 Å². The Bertz CT molecular complexity index is 515. The van der Waals surface area contributed by atoms with Crippen molar-refractivity contribution in [3.8, 4) is 0 Å². The summed E-state index contributed by atoms with van der Waals surface area (Å²) in [5.41, 5.74) is 1.44. The van der Waals surface area contributed by atoms with Crippen molar-refractivity contribution in [3.05, 3.63) is 21.4 Å². The zero-order valence-electron chi connectivity index (χ0n) is 13.6. The molecule has 3 nitrogen and oxygen atoms in total. The van der Waals surface area contributed by atoms with E-state index >= 15 is 0 Å². The van der Waals surface area contributed by atoms with Crippen LogP contribution < -0.4 is 5.32 Å². The first kappa shape index (κ1) is 17.8. The van der Waals surface area contributed by atoms with E-state index in [-0.39, 0.29) is 18.3 Å². The lowest BCUT2D eigenvalue weighted by Crippen LogP contribution is -2.42. The maximum Gasteiger partial charge on any atom is 0.263 e. The van der Waals surface area contributed by atoms with Crippen LogP contribution in [0.5, 0.6) is 0 Å². The number of carbonyl (C=O) groups is 1. The van der Waals surface area contributed by atoms with E-state index in [0.29, 0.717) is 5.92 Å². The van der Waals surface area contributed by atoms with Crippen molar-refractivity contribution in [1.82, 2.24) is 10.2 Å². The number of likely N-dealkylation sites (tertiary alicyclic amines) is 1. The smallest absolute Gasteiger partial charge is 0.263 e. The van der Waals surface area contributed by atoms with Gasteiger partial charge in [0.25, 0.3) is 5.91 Å². The molecule has 3 rings (SSSR count). The highest BCUT2D eigenvalue weighted by Crippen LogP contribution is 2.33. The minimum atomic E-state index is 0. The summed E-state index contributed by atoms with van der Waals surface area (Å²) in [4.78, 5) is 17.3. The van der Waals surface area contributed by atoms with Crippen LogP contribution in [0.25, 0.3) is 0 Å². The molecule has 1 saturated heterocycles. The molecule has 0 bridgehead atoms. The summed E-state index contributed by atoms with van der Waals surface area (Å²) in [6.07, 6.45) is 5.97. The highest BCUT2D eigenvalue weighted by molar-refractivity contribution is 7.14. The fourth-order valence-corrected chi connectivity index (χ4v) is 4.85. The molecule has 1 fully saturated rings. The molecule has 1 N–H and O–H groups in total. The van der Waals surface area contributed by atoms with Crippen LogP contribution in [-0.2, 0) is 12.8 Å². The molecular formula is C17H27ClN2OS. The van der Waals surface area contributed by atoms with Gasteiger partial charge in [0.15, 0.2) is 0 Å². The molecule has 22 heavy (non-hydrogen) atoms. The molecule has 2 heterocycles. The van der Waals surface area contributed by atoms with Crippen LogP contribution in [0.15, 0.2) is 6.07 Å². The number of hydrogen-bond acceptors (Lipinski definition) is 3. The monoisotopic (exact) mass is 342 g/mol. The van der Waals surface area contributed by atoms with Gasteiger partial charge in [-0.05, 0) is 69.2 Å². The minimum Gasteiger partial charge on any atom is -0.338 e. The third kappa shape index (κ3) is 3.84. The molecule has 0 aromatic carbocycles. The number of halogens is 1. The summed E-state index contributed by atoms with van der Waals surface area (Å²) in [5.74, 6) is 1.65. The average molecular weight is 343 g/mol. The van der Waals surface area contributed by atoms with Crippen LogP contribution in [0, 0.1) is 11.8 Å². The zero-order chi connectivity index (χ0) is 14.8. The van der Waals surface area contributed by atoms with Gasteiger partial charge < -0.3 is 10.2 Å². The lowest BCUT2D eigenvalue weighted by Gasteiger charge is -2.32. The molecule has 2 aliphatic rings. The van der Waals surface area contributed by atoms with Gasteiger partial charge in [-0.15, -0.1) is 23.7 Å². The molecule has 1 amide bonds. The predicted molar refractivity (Wildman–Crippen MR) is 95.3 cm³/mol. The second-order valence-corrected chi connectivity index (χ2v) is 7.86. The molecule has 0 spiro atoms. The largest absolute Gasteiger partial charge is 0.338 e. The second kappa shape index (κ2) is 7.80. The van der Waals surface area contributed by atoms with Gasteiger partial charge in [-0.25, -0.2) is 0 Å². The molecular weight excluding hydrogens is 316 g/mol. The number of thiophene rings is 1. The molecule has 2 unspecified atom stereocenters. The van der Waals surface area contributed by atoms with Crippen molar-refractivity contribution >= 4 is 29.7 Å². The van der Waals surface area contributed by atoms with Crippen LogP contribution in [-0.4, -0.2) is 37.5 Å². The third-order valence-electron chi connectivity index (χ3n) is 4.84. The van der Waals surface area contributed by atoms with Crippen molar-refractivity contribution in [3.63, 3.8) is 0 Å². The van der Waals surface area contributed by atoms with Crippen LogP contribution >= 0.6 is 23.7 Å². The van der Waals surface area contributed by atoms with E-state index in [1.54, 1.807) is 11.3 Å². The first-order valence-corrected chi connectivity index (χ1v) is 9.04. The highest BCUT2D eigenvalue weighted by Gasteiger charge is 2.27. The quantitative estimate of drug-likeness (QED) is 0.913. The number of fused-ring (bicyclic) bond motifs is 1. The standard InChI is InChI=1S/C17H26N2OS.ClH/c1-12-5-6-15-14(8-12)9-16(21-15)17(20)19-7-3-4-13(11-19)10-18-2;/h9,12-13,18H,3-8,10-11H2,1-2H3;1H. The predicted octanol–water partition coefficient (Wildman–Crippen LogP) is 3.37. The number of hydrogen-bond donors (Lipinski definition) is 1. The fraction of sp³-hybridized carbons (Fsp3) is 0.706. The maximum atomic E-state index is 12.8. The van der Waals surface area contributed by atoms with E-state index in [2.05, 4.69) is 23.2 Å². The molecule has 0 radical (unpaired) electrons. The first-order chi connectivity index (χ1) is 10.2. The Morgan fingerprint density at radius 3 is 3.05 bits per heavy atom. The normalized spacial score (nSPS) is 24.5. The summed E-state index contributed by atoms with van der Waals surface area (Å²) in [5, 5.41) is 3.25. The lowest BCUT2D eigenvalue weighted by molar-refractivity contribution is 0.0679. The van der Waals surface area contributed by atoms with E-state index in [9.17, 15) is 4.79 Å². The van der Waals surface area contributed by atoms with Crippen LogP contribution in [0.3, 0.4) is 0 Å².